The van der Waals surface area contributed by atoms with Crippen molar-refractivity contribution in [3.63, 3.8) is 0 Å². The van der Waals surface area contributed by atoms with Gasteiger partial charge in [-0.05, 0) is 24.5 Å². The number of aliphatic carboxylic acids is 1. The molecule has 4 rings (SSSR count). The van der Waals surface area contributed by atoms with Crippen molar-refractivity contribution in [3.05, 3.63) is 34.5 Å². The molecule has 2 aliphatic heterocycles. The first-order valence-corrected chi connectivity index (χ1v) is 13.2. The molecule has 0 saturated carbocycles. The summed E-state index contributed by atoms with van der Waals surface area (Å²) >= 11 is 4.57. The number of rotatable bonds is 9. The highest BCUT2D eigenvalue weighted by molar-refractivity contribution is 14.1. The molecule has 1 fully saturated rings. The van der Waals surface area contributed by atoms with Crippen molar-refractivity contribution in [2.75, 3.05) is 15.5 Å². The number of amides is 3. The Morgan fingerprint density at radius 2 is 2.27 bits per heavy atom. The second kappa shape index (κ2) is 10.2. The molecule has 0 spiro atoms. The molecule has 0 aromatic carbocycles. The first-order valence-electron chi connectivity index (χ1n) is 9.78. The maximum absolute atomic E-state index is 13.1. The van der Waals surface area contributed by atoms with Gasteiger partial charge in [-0.3, -0.25) is 19.3 Å². The van der Waals surface area contributed by atoms with Crippen molar-refractivity contribution in [2.24, 2.45) is 5.16 Å². The van der Waals surface area contributed by atoms with E-state index in [4.69, 9.17) is 4.84 Å². The van der Waals surface area contributed by atoms with E-state index in [9.17, 15) is 24.3 Å². The Balaban J connectivity index is 1.53. The Hall–Kier alpha value is -2.46. The zero-order valence-corrected chi connectivity index (χ0v) is 20.7. The molecular formula is C19H18IN5O6S2. The topological polar surface area (TPSA) is 150 Å². The maximum atomic E-state index is 13.1. The van der Waals surface area contributed by atoms with Crippen LogP contribution in [0.4, 0.5) is 5.13 Å². The molecular weight excluding hydrogens is 585 g/mol. The third-order valence-electron chi connectivity index (χ3n) is 5.09. The molecule has 174 valence electrons. The third-order valence-corrected chi connectivity index (χ3v) is 8.12. The third kappa shape index (κ3) is 4.77. The minimum atomic E-state index is -1.16. The van der Waals surface area contributed by atoms with Gasteiger partial charge >= 0.3 is 5.97 Å². The average molecular weight is 603 g/mol. The van der Waals surface area contributed by atoms with Crippen molar-refractivity contribution in [1.29, 1.82) is 0 Å². The summed E-state index contributed by atoms with van der Waals surface area (Å²) in [5, 5.41) is 19.9. The van der Waals surface area contributed by atoms with Gasteiger partial charge in [0.15, 0.2) is 10.8 Å². The van der Waals surface area contributed by atoms with Crippen LogP contribution >= 0.6 is 45.7 Å². The highest BCUT2D eigenvalue weighted by atomic mass is 127. The minimum absolute atomic E-state index is 0.0158. The van der Waals surface area contributed by atoms with E-state index >= 15 is 0 Å². The van der Waals surface area contributed by atoms with Gasteiger partial charge in [0.25, 0.3) is 11.8 Å². The standard InChI is InChI=1S/C19H18IN5O6S2/c20-5-9-6-32-17-13(16(28)25(17)14(9)18(29)30)23-15(27)12(24-31-10-3-1-2-4-10)11-7-33-19(22-11)21-8-26/h1,3,7-8,10,13,17H,2,4-6H2,(H,23,27)(H,29,30)(H,21,22,26)/t10?,13-,17+/m1/s1. The van der Waals surface area contributed by atoms with Gasteiger partial charge in [0.2, 0.25) is 6.41 Å². The van der Waals surface area contributed by atoms with Crippen LogP contribution in [0, 0.1) is 0 Å². The molecule has 0 radical (unpaired) electrons. The molecule has 0 bridgehead atoms. The Morgan fingerprint density at radius 1 is 1.45 bits per heavy atom. The number of allylic oxidation sites excluding steroid dienone is 1. The monoisotopic (exact) mass is 603 g/mol. The molecule has 3 heterocycles. The van der Waals surface area contributed by atoms with Gasteiger partial charge in [-0.2, -0.15) is 0 Å². The molecule has 1 aliphatic carbocycles. The molecule has 1 unspecified atom stereocenters. The number of carboxylic acid groups (broad SMARTS) is 1. The lowest BCUT2D eigenvalue weighted by Gasteiger charge is -2.49. The van der Waals surface area contributed by atoms with Gasteiger partial charge in [-0.1, -0.05) is 33.8 Å². The second-order valence-corrected chi connectivity index (χ2v) is 9.87. The summed E-state index contributed by atoms with van der Waals surface area (Å²) in [5.41, 5.74) is 0.694. The number of hydrogen-bond acceptors (Lipinski definition) is 9. The van der Waals surface area contributed by atoms with E-state index in [1.54, 1.807) is 5.38 Å². The van der Waals surface area contributed by atoms with E-state index in [-0.39, 0.29) is 28.3 Å². The van der Waals surface area contributed by atoms with E-state index in [0.717, 1.165) is 24.2 Å². The summed E-state index contributed by atoms with van der Waals surface area (Å²) in [6.07, 6.45) is 5.56. The highest BCUT2D eigenvalue weighted by Gasteiger charge is 2.54. The Bertz CT molecular complexity index is 1090. The first kappa shape index (κ1) is 23.7. The molecule has 3 amide bonds. The lowest BCUT2D eigenvalue weighted by Crippen LogP contribution is -2.71. The quantitative estimate of drug-likeness (QED) is 0.0728. The number of halogens is 1. The number of carbonyl (C=O) groups excluding carboxylic acids is 3. The summed E-state index contributed by atoms with van der Waals surface area (Å²) in [6.45, 7) is 0. The molecule has 11 nitrogen and oxygen atoms in total. The molecule has 1 aromatic heterocycles. The molecule has 1 aromatic rings. The van der Waals surface area contributed by atoms with E-state index < -0.39 is 29.2 Å². The zero-order chi connectivity index (χ0) is 23.5. The fourth-order valence-electron chi connectivity index (χ4n) is 3.51. The lowest BCUT2D eigenvalue weighted by molar-refractivity contribution is -0.150. The molecule has 1 saturated heterocycles. The number of β-lactam (4-membered cyclic amide) rings is 1. The number of thiazole rings is 1. The van der Waals surface area contributed by atoms with Crippen LogP contribution in [-0.4, -0.2) is 72.6 Å². The maximum Gasteiger partial charge on any atom is 0.352 e. The Kier molecular flexibility index (Phi) is 7.33. The lowest BCUT2D eigenvalue weighted by atomic mass is 10.0. The molecule has 3 aliphatic rings. The average Bonchev–Trinajstić information content (AvgIpc) is 3.49. The van der Waals surface area contributed by atoms with Crippen LogP contribution < -0.4 is 10.6 Å². The van der Waals surface area contributed by atoms with Gasteiger partial charge < -0.3 is 20.6 Å². The van der Waals surface area contributed by atoms with Crippen LogP contribution in [0.25, 0.3) is 0 Å². The number of alkyl halides is 1. The van der Waals surface area contributed by atoms with Gasteiger partial charge in [0.1, 0.15) is 28.9 Å². The van der Waals surface area contributed by atoms with Gasteiger partial charge in [-0.15, -0.1) is 23.1 Å². The minimum Gasteiger partial charge on any atom is -0.477 e. The van der Waals surface area contributed by atoms with E-state index in [0.29, 0.717) is 22.2 Å². The zero-order valence-electron chi connectivity index (χ0n) is 16.9. The van der Waals surface area contributed by atoms with Crippen LogP contribution in [0.1, 0.15) is 18.5 Å². The fourth-order valence-corrected chi connectivity index (χ4v) is 6.51. The summed E-state index contributed by atoms with van der Waals surface area (Å²) in [7, 11) is 0. The molecule has 14 heteroatoms. The highest BCUT2D eigenvalue weighted by Crippen LogP contribution is 2.40. The van der Waals surface area contributed by atoms with Crippen LogP contribution in [-0.2, 0) is 24.0 Å². The number of nitrogens with zero attached hydrogens (tertiary/aromatic N) is 3. The van der Waals surface area contributed by atoms with Gasteiger partial charge in [-0.25, -0.2) is 9.78 Å². The van der Waals surface area contributed by atoms with E-state index in [2.05, 4.69) is 43.4 Å². The predicted molar refractivity (Wildman–Crippen MR) is 130 cm³/mol. The number of carbonyl (C=O) groups is 4. The van der Waals surface area contributed by atoms with Crippen LogP contribution in [0.5, 0.6) is 0 Å². The predicted octanol–water partition coefficient (Wildman–Crippen LogP) is 1.32. The summed E-state index contributed by atoms with van der Waals surface area (Å²) in [5.74, 6) is -1.89. The number of thioether (sulfide) groups is 1. The summed E-state index contributed by atoms with van der Waals surface area (Å²) in [4.78, 5) is 59.2. The van der Waals surface area contributed by atoms with Crippen molar-refractivity contribution in [2.45, 2.75) is 30.4 Å². The summed E-state index contributed by atoms with van der Waals surface area (Å²) in [6, 6.07) is -0.907. The van der Waals surface area contributed by atoms with Crippen LogP contribution in [0.15, 0.2) is 34.0 Å². The number of fused-ring (bicyclic) bond motifs is 1. The number of anilines is 1. The SMILES string of the molecule is O=CNc1nc(C(=NOC2C=CCC2)C(=O)N[C@@H]2C(=O)N3C(C(=O)O)=C(CI)CS[C@@H]23)cs1. The van der Waals surface area contributed by atoms with Gasteiger partial charge in [0.05, 0.1) is 0 Å². The summed E-state index contributed by atoms with van der Waals surface area (Å²) < 4.78 is 0.491. The van der Waals surface area contributed by atoms with Crippen LogP contribution in [0.3, 0.4) is 0 Å². The van der Waals surface area contributed by atoms with Crippen molar-refractivity contribution in [3.8, 4) is 0 Å². The molecule has 3 atom stereocenters. The number of hydrogen-bond donors (Lipinski definition) is 3. The van der Waals surface area contributed by atoms with E-state index in [1.165, 1.54) is 16.7 Å². The number of carboxylic acids is 1. The Labute approximate surface area is 209 Å². The van der Waals surface area contributed by atoms with Crippen molar-refractivity contribution in [1.82, 2.24) is 15.2 Å². The Morgan fingerprint density at radius 3 is 2.94 bits per heavy atom. The van der Waals surface area contributed by atoms with E-state index in [1.807, 2.05) is 12.2 Å². The fraction of sp³-hybridized carbons (Fsp3) is 0.368. The molecule has 33 heavy (non-hydrogen) atoms. The normalized spacial score (nSPS) is 24.3. The molecule has 3 N–H and O–H groups in total. The number of oxime groups is 1. The van der Waals surface area contributed by atoms with Gasteiger partial charge in [0, 0.05) is 15.6 Å². The van der Waals surface area contributed by atoms with Crippen molar-refractivity contribution < 1.29 is 29.1 Å². The second-order valence-electron chi connectivity index (χ2n) is 7.14. The largest absolute Gasteiger partial charge is 0.477 e. The number of aromatic nitrogens is 1. The first-order chi connectivity index (χ1) is 15.9. The van der Waals surface area contributed by atoms with Crippen LogP contribution in [0.2, 0.25) is 0 Å². The van der Waals surface area contributed by atoms with Crippen molar-refractivity contribution >= 4 is 80.7 Å². The number of nitrogens with one attached hydrogen (secondary N) is 2. The smallest absolute Gasteiger partial charge is 0.352 e.